The lowest BCUT2D eigenvalue weighted by atomic mass is 10.2. The second kappa shape index (κ2) is 6.39. The van der Waals surface area contributed by atoms with Gasteiger partial charge in [-0.25, -0.2) is 0 Å². The number of carbonyl (C=O) groups is 2. The Labute approximate surface area is 115 Å². The minimum Gasteiger partial charge on any atom is -0.397 e. The molecule has 7 nitrogen and oxygen atoms in total. The minimum atomic E-state index is -0.661. The number of primary amides is 1. The van der Waals surface area contributed by atoms with E-state index in [0.29, 0.717) is 23.0 Å². The van der Waals surface area contributed by atoms with Crippen LogP contribution >= 0.6 is 11.3 Å². The molecular formula is C11H18N4O3S. The summed E-state index contributed by atoms with van der Waals surface area (Å²) in [5, 5.41) is 3.49. The van der Waals surface area contributed by atoms with Gasteiger partial charge in [-0.2, -0.15) is 0 Å². The van der Waals surface area contributed by atoms with Crippen LogP contribution in [-0.4, -0.2) is 51.1 Å². The van der Waals surface area contributed by atoms with E-state index >= 15 is 0 Å². The summed E-state index contributed by atoms with van der Waals surface area (Å²) < 4.78 is 4.91. The zero-order valence-corrected chi connectivity index (χ0v) is 12.0. The van der Waals surface area contributed by atoms with Gasteiger partial charge in [0.1, 0.15) is 9.88 Å². The standard InChI is InChI=1S/C11H18N4O3S/c1-15(2)11(17)8-7(12)6(9(13)16)10(19-8)14-4-5-18-3/h14H,4-5,12H2,1-3H3,(H2,13,16). The summed E-state index contributed by atoms with van der Waals surface area (Å²) in [5.74, 6) is -0.920. The predicted molar refractivity (Wildman–Crippen MR) is 75.6 cm³/mol. The van der Waals surface area contributed by atoms with Crippen molar-refractivity contribution < 1.29 is 14.3 Å². The number of nitrogens with one attached hydrogen (secondary N) is 1. The highest BCUT2D eigenvalue weighted by Gasteiger charge is 2.24. The number of thiophene rings is 1. The number of rotatable bonds is 6. The number of nitrogen functional groups attached to an aromatic ring is 1. The largest absolute Gasteiger partial charge is 0.397 e. The molecular weight excluding hydrogens is 268 g/mol. The fourth-order valence-electron chi connectivity index (χ4n) is 1.44. The van der Waals surface area contributed by atoms with Gasteiger partial charge in [0, 0.05) is 27.7 Å². The van der Waals surface area contributed by atoms with Crippen LogP contribution in [0.5, 0.6) is 0 Å². The van der Waals surface area contributed by atoms with Crippen LogP contribution in [0.2, 0.25) is 0 Å². The number of nitrogens with two attached hydrogens (primary N) is 2. The van der Waals surface area contributed by atoms with E-state index in [1.165, 1.54) is 4.90 Å². The fourth-order valence-corrected chi connectivity index (χ4v) is 2.61. The summed E-state index contributed by atoms with van der Waals surface area (Å²) in [6.07, 6.45) is 0. The van der Waals surface area contributed by atoms with E-state index in [9.17, 15) is 9.59 Å². The lowest BCUT2D eigenvalue weighted by Gasteiger charge is -2.08. The molecule has 0 fully saturated rings. The van der Waals surface area contributed by atoms with Gasteiger partial charge in [-0.3, -0.25) is 9.59 Å². The number of hydrogen-bond donors (Lipinski definition) is 3. The molecule has 0 aliphatic carbocycles. The summed E-state index contributed by atoms with van der Waals surface area (Å²) in [5.41, 5.74) is 11.4. The highest BCUT2D eigenvalue weighted by atomic mass is 32.1. The lowest BCUT2D eigenvalue weighted by molar-refractivity contribution is 0.0833. The van der Waals surface area contributed by atoms with Crippen LogP contribution in [0, 0.1) is 0 Å². The van der Waals surface area contributed by atoms with Crippen LogP contribution < -0.4 is 16.8 Å². The van der Waals surface area contributed by atoms with Crippen molar-refractivity contribution in [2.45, 2.75) is 0 Å². The molecule has 0 bridgehead atoms. The summed E-state index contributed by atoms with van der Waals surface area (Å²) in [6.45, 7) is 0.958. The Balaban J connectivity index is 3.12. The summed E-state index contributed by atoms with van der Waals surface area (Å²) in [7, 11) is 4.80. The van der Waals surface area contributed by atoms with Gasteiger partial charge in [-0.15, -0.1) is 11.3 Å². The molecule has 0 saturated heterocycles. The quantitative estimate of drug-likeness (QED) is 0.646. The molecule has 8 heteroatoms. The third kappa shape index (κ3) is 3.36. The lowest BCUT2D eigenvalue weighted by Crippen LogP contribution is -2.22. The number of methoxy groups -OCH3 is 1. The second-order valence-electron chi connectivity index (χ2n) is 4.03. The van der Waals surface area contributed by atoms with Gasteiger partial charge in [-0.05, 0) is 0 Å². The van der Waals surface area contributed by atoms with Gasteiger partial charge in [0.05, 0.1) is 17.9 Å². The highest BCUT2D eigenvalue weighted by molar-refractivity contribution is 7.19. The molecule has 0 aromatic carbocycles. The van der Waals surface area contributed by atoms with Gasteiger partial charge >= 0.3 is 0 Å². The Morgan fingerprint density at radius 1 is 1.42 bits per heavy atom. The smallest absolute Gasteiger partial charge is 0.265 e. The average Bonchev–Trinajstić information content (AvgIpc) is 2.65. The molecule has 0 spiro atoms. The SMILES string of the molecule is COCCNc1sc(C(=O)N(C)C)c(N)c1C(N)=O. The topological polar surface area (TPSA) is 111 Å². The van der Waals surface area contributed by atoms with Crippen LogP contribution in [0.1, 0.15) is 20.0 Å². The molecule has 106 valence electrons. The molecule has 0 saturated carbocycles. The molecule has 5 N–H and O–H groups in total. The third-order valence-corrected chi connectivity index (χ3v) is 3.53. The van der Waals surface area contributed by atoms with Gasteiger partial charge in [0.25, 0.3) is 11.8 Å². The van der Waals surface area contributed by atoms with Gasteiger partial charge in [0.2, 0.25) is 0 Å². The summed E-state index contributed by atoms with van der Waals surface area (Å²) >= 11 is 1.12. The summed E-state index contributed by atoms with van der Waals surface area (Å²) in [4.78, 5) is 25.1. The molecule has 0 unspecified atom stereocenters. The van der Waals surface area contributed by atoms with E-state index in [2.05, 4.69) is 5.32 Å². The minimum absolute atomic E-state index is 0.121. The van der Waals surface area contributed by atoms with Crippen LogP contribution in [0.15, 0.2) is 0 Å². The predicted octanol–water partition coefficient (Wildman–Crippen LogP) is 0.189. The summed E-state index contributed by atoms with van der Waals surface area (Å²) in [6, 6.07) is 0. The van der Waals surface area contributed by atoms with E-state index in [1.54, 1.807) is 21.2 Å². The number of hydrogen-bond acceptors (Lipinski definition) is 6. The van der Waals surface area contributed by atoms with Crippen molar-refractivity contribution in [3.05, 3.63) is 10.4 Å². The van der Waals surface area contributed by atoms with E-state index in [1.807, 2.05) is 0 Å². The van der Waals surface area contributed by atoms with Crippen molar-refractivity contribution in [2.24, 2.45) is 5.73 Å². The first-order valence-electron chi connectivity index (χ1n) is 5.56. The molecule has 0 radical (unpaired) electrons. The van der Waals surface area contributed by atoms with Gasteiger partial charge in [0.15, 0.2) is 0 Å². The molecule has 0 aliphatic heterocycles. The normalized spacial score (nSPS) is 10.3. The molecule has 2 amide bonds. The van der Waals surface area contributed by atoms with Crippen LogP contribution in [0.25, 0.3) is 0 Å². The van der Waals surface area contributed by atoms with Crippen LogP contribution in [0.4, 0.5) is 10.7 Å². The Bertz CT molecular complexity index is 485. The molecule has 0 aliphatic rings. The first-order chi connectivity index (χ1) is 8.90. The molecule has 1 aromatic heterocycles. The molecule has 1 heterocycles. The molecule has 19 heavy (non-hydrogen) atoms. The van der Waals surface area contributed by atoms with Crippen molar-refractivity contribution in [3.8, 4) is 0 Å². The van der Waals surface area contributed by atoms with E-state index in [0.717, 1.165) is 11.3 Å². The third-order valence-electron chi connectivity index (χ3n) is 2.38. The maximum absolute atomic E-state index is 11.9. The zero-order valence-electron chi connectivity index (χ0n) is 11.1. The number of nitrogens with zero attached hydrogens (tertiary/aromatic N) is 1. The van der Waals surface area contributed by atoms with Crippen molar-refractivity contribution >= 4 is 33.8 Å². The number of anilines is 2. The maximum atomic E-state index is 11.9. The number of amides is 2. The van der Waals surface area contributed by atoms with Crippen LogP contribution in [0.3, 0.4) is 0 Å². The van der Waals surface area contributed by atoms with E-state index < -0.39 is 5.91 Å². The number of carbonyl (C=O) groups excluding carboxylic acids is 2. The Kier molecular flexibility index (Phi) is 5.13. The van der Waals surface area contributed by atoms with Crippen LogP contribution in [-0.2, 0) is 4.74 Å². The highest BCUT2D eigenvalue weighted by Crippen LogP contribution is 2.35. The fraction of sp³-hybridized carbons (Fsp3) is 0.455. The molecule has 1 rings (SSSR count). The molecule has 1 aromatic rings. The second-order valence-corrected chi connectivity index (χ2v) is 5.05. The average molecular weight is 286 g/mol. The number of ether oxygens (including phenoxy) is 1. The van der Waals surface area contributed by atoms with E-state index in [-0.39, 0.29) is 17.2 Å². The van der Waals surface area contributed by atoms with Gasteiger partial charge in [-0.1, -0.05) is 0 Å². The Morgan fingerprint density at radius 2 is 2.05 bits per heavy atom. The van der Waals surface area contributed by atoms with Crippen molar-refractivity contribution in [1.29, 1.82) is 0 Å². The van der Waals surface area contributed by atoms with Crippen molar-refractivity contribution in [1.82, 2.24) is 4.90 Å². The van der Waals surface area contributed by atoms with Gasteiger partial charge < -0.3 is 26.4 Å². The Morgan fingerprint density at radius 3 is 2.53 bits per heavy atom. The first-order valence-corrected chi connectivity index (χ1v) is 6.38. The zero-order chi connectivity index (χ0) is 14.6. The maximum Gasteiger partial charge on any atom is 0.265 e. The molecule has 0 atom stereocenters. The monoisotopic (exact) mass is 286 g/mol. The van der Waals surface area contributed by atoms with Crippen molar-refractivity contribution in [3.63, 3.8) is 0 Å². The Hall–Kier alpha value is -1.80. The first kappa shape index (κ1) is 15.3. The van der Waals surface area contributed by atoms with E-state index in [4.69, 9.17) is 16.2 Å². The van der Waals surface area contributed by atoms with Crippen molar-refractivity contribution in [2.75, 3.05) is 45.4 Å².